The molecule has 0 saturated carbocycles. The summed E-state index contributed by atoms with van der Waals surface area (Å²) in [4.78, 5) is 0. The summed E-state index contributed by atoms with van der Waals surface area (Å²) in [5.41, 5.74) is 5.68. The SMILES string of the molecule is CCCC[C@H](CC)CO[C@H](N)CC. The van der Waals surface area contributed by atoms with E-state index in [4.69, 9.17) is 10.5 Å². The molecule has 0 aliphatic rings. The maximum Gasteiger partial charge on any atom is 0.105 e. The maximum atomic E-state index is 5.68. The van der Waals surface area contributed by atoms with Gasteiger partial charge in [0.05, 0.1) is 6.61 Å². The Labute approximate surface area is 82.8 Å². The molecule has 0 saturated heterocycles. The summed E-state index contributed by atoms with van der Waals surface area (Å²) < 4.78 is 5.52. The Morgan fingerprint density at radius 2 is 1.85 bits per heavy atom. The number of ether oxygens (including phenoxy) is 1. The van der Waals surface area contributed by atoms with E-state index in [9.17, 15) is 0 Å². The highest BCUT2D eigenvalue weighted by molar-refractivity contribution is 4.57. The van der Waals surface area contributed by atoms with Crippen LogP contribution in [-0.4, -0.2) is 12.8 Å². The van der Waals surface area contributed by atoms with Gasteiger partial charge in [-0.1, -0.05) is 40.0 Å². The second kappa shape index (κ2) is 8.52. The highest BCUT2D eigenvalue weighted by Crippen LogP contribution is 2.13. The zero-order valence-corrected chi connectivity index (χ0v) is 9.38. The lowest BCUT2D eigenvalue weighted by Gasteiger charge is -2.17. The molecule has 0 rings (SSSR count). The van der Waals surface area contributed by atoms with Crippen LogP contribution in [-0.2, 0) is 4.74 Å². The third-order valence-corrected chi connectivity index (χ3v) is 2.49. The van der Waals surface area contributed by atoms with Gasteiger partial charge < -0.3 is 10.5 Å². The van der Waals surface area contributed by atoms with Crippen LogP contribution in [0.4, 0.5) is 0 Å². The summed E-state index contributed by atoms with van der Waals surface area (Å²) in [5, 5.41) is 0. The molecule has 0 amide bonds. The molecular weight excluding hydrogens is 162 g/mol. The predicted octanol–water partition coefficient (Wildman–Crippen LogP) is 2.91. The first-order valence-corrected chi connectivity index (χ1v) is 5.61. The van der Waals surface area contributed by atoms with E-state index in [-0.39, 0.29) is 6.23 Å². The fourth-order valence-electron chi connectivity index (χ4n) is 1.28. The molecule has 0 radical (unpaired) electrons. The van der Waals surface area contributed by atoms with E-state index in [1.165, 1.54) is 25.7 Å². The molecule has 0 heterocycles. The Bertz CT molecular complexity index is 106. The van der Waals surface area contributed by atoms with Crippen molar-refractivity contribution >= 4 is 0 Å². The number of rotatable bonds is 8. The highest BCUT2D eigenvalue weighted by atomic mass is 16.5. The topological polar surface area (TPSA) is 35.2 Å². The number of nitrogens with two attached hydrogens (primary N) is 1. The average molecular weight is 187 g/mol. The van der Waals surface area contributed by atoms with Gasteiger partial charge in [-0.3, -0.25) is 0 Å². The molecule has 0 aromatic carbocycles. The second-order valence-corrected chi connectivity index (χ2v) is 3.70. The van der Waals surface area contributed by atoms with E-state index < -0.39 is 0 Å². The van der Waals surface area contributed by atoms with Gasteiger partial charge in [0.25, 0.3) is 0 Å². The van der Waals surface area contributed by atoms with Gasteiger partial charge in [-0.05, 0) is 18.8 Å². The molecule has 2 nitrogen and oxygen atoms in total. The van der Waals surface area contributed by atoms with Crippen LogP contribution in [0.3, 0.4) is 0 Å². The van der Waals surface area contributed by atoms with Crippen LogP contribution >= 0.6 is 0 Å². The van der Waals surface area contributed by atoms with Crippen molar-refractivity contribution in [2.45, 2.75) is 59.1 Å². The highest BCUT2D eigenvalue weighted by Gasteiger charge is 2.07. The molecule has 0 aromatic rings. The van der Waals surface area contributed by atoms with Crippen molar-refractivity contribution in [3.63, 3.8) is 0 Å². The first-order chi connectivity index (χ1) is 6.24. The third-order valence-electron chi connectivity index (χ3n) is 2.49. The van der Waals surface area contributed by atoms with Gasteiger partial charge in [-0.25, -0.2) is 0 Å². The summed E-state index contributed by atoms with van der Waals surface area (Å²) >= 11 is 0. The first kappa shape index (κ1) is 12.9. The van der Waals surface area contributed by atoms with E-state index >= 15 is 0 Å². The van der Waals surface area contributed by atoms with Gasteiger partial charge in [-0.2, -0.15) is 0 Å². The maximum absolute atomic E-state index is 5.68. The van der Waals surface area contributed by atoms with Gasteiger partial charge in [-0.15, -0.1) is 0 Å². The molecule has 0 aliphatic heterocycles. The molecule has 0 aromatic heterocycles. The molecule has 2 heteroatoms. The predicted molar refractivity (Wildman–Crippen MR) is 57.5 cm³/mol. The summed E-state index contributed by atoms with van der Waals surface area (Å²) in [6, 6.07) is 0. The molecule has 0 fully saturated rings. The zero-order chi connectivity index (χ0) is 10.1. The Morgan fingerprint density at radius 3 is 2.31 bits per heavy atom. The minimum absolute atomic E-state index is 0.0596. The minimum Gasteiger partial charge on any atom is -0.363 e. The van der Waals surface area contributed by atoms with E-state index in [0.29, 0.717) is 5.92 Å². The molecule has 2 N–H and O–H groups in total. The normalized spacial score (nSPS) is 15.7. The Kier molecular flexibility index (Phi) is 8.46. The van der Waals surface area contributed by atoms with Gasteiger partial charge >= 0.3 is 0 Å². The first-order valence-electron chi connectivity index (χ1n) is 5.61. The third kappa shape index (κ3) is 7.03. The Morgan fingerprint density at radius 1 is 1.15 bits per heavy atom. The second-order valence-electron chi connectivity index (χ2n) is 3.70. The summed E-state index contributed by atoms with van der Waals surface area (Å²) in [5.74, 6) is 0.706. The Hall–Kier alpha value is -0.0800. The van der Waals surface area contributed by atoms with Crippen molar-refractivity contribution in [1.29, 1.82) is 0 Å². The van der Waals surface area contributed by atoms with Gasteiger partial charge in [0.2, 0.25) is 0 Å². The van der Waals surface area contributed by atoms with E-state index in [2.05, 4.69) is 20.8 Å². The van der Waals surface area contributed by atoms with Crippen LogP contribution in [0.15, 0.2) is 0 Å². The molecule has 0 bridgehead atoms. The molecule has 13 heavy (non-hydrogen) atoms. The molecule has 0 spiro atoms. The number of hydrogen-bond acceptors (Lipinski definition) is 2. The van der Waals surface area contributed by atoms with Crippen LogP contribution in [0.2, 0.25) is 0 Å². The fourth-order valence-corrected chi connectivity index (χ4v) is 1.28. The number of unbranched alkanes of at least 4 members (excludes halogenated alkanes) is 1. The van der Waals surface area contributed by atoms with Gasteiger partial charge in [0, 0.05) is 0 Å². The molecule has 0 unspecified atom stereocenters. The smallest absolute Gasteiger partial charge is 0.105 e. The van der Waals surface area contributed by atoms with E-state index in [1.54, 1.807) is 0 Å². The lowest BCUT2D eigenvalue weighted by Crippen LogP contribution is -2.25. The minimum atomic E-state index is -0.0596. The van der Waals surface area contributed by atoms with Gasteiger partial charge in [0.15, 0.2) is 0 Å². The summed E-state index contributed by atoms with van der Waals surface area (Å²) in [6.07, 6.45) is 5.92. The quantitative estimate of drug-likeness (QED) is 0.593. The number of hydrogen-bond donors (Lipinski definition) is 1. The largest absolute Gasteiger partial charge is 0.363 e. The standard InChI is InChI=1S/C11H25NO/c1-4-7-8-10(5-2)9-13-11(12)6-3/h10-11H,4-9,12H2,1-3H3/t10-,11-/m0/s1. The van der Waals surface area contributed by atoms with E-state index in [0.717, 1.165) is 13.0 Å². The molecular formula is C11H25NO. The monoisotopic (exact) mass is 187 g/mol. The Balaban J connectivity index is 3.46. The molecule has 0 aliphatic carbocycles. The molecule has 2 atom stereocenters. The average Bonchev–Trinajstić information content (AvgIpc) is 2.17. The van der Waals surface area contributed by atoms with Crippen molar-refractivity contribution in [3.05, 3.63) is 0 Å². The van der Waals surface area contributed by atoms with Crippen molar-refractivity contribution in [1.82, 2.24) is 0 Å². The van der Waals surface area contributed by atoms with Crippen LogP contribution in [0.5, 0.6) is 0 Å². The van der Waals surface area contributed by atoms with Crippen molar-refractivity contribution in [2.75, 3.05) is 6.61 Å². The lowest BCUT2D eigenvalue weighted by molar-refractivity contribution is 0.0276. The van der Waals surface area contributed by atoms with Gasteiger partial charge in [0.1, 0.15) is 6.23 Å². The zero-order valence-electron chi connectivity index (χ0n) is 9.38. The van der Waals surface area contributed by atoms with E-state index in [1.807, 2.05) is 0 Å². The van der Waals surface area contributed by atoms with Crippen molar-refractivity contribution in [3.8, 4) is 0 Å². The lowest BCUT2D eigenvalue weighted by atomic mass is 10.0. The summed E-state index contributed by atoms with van der Waals surface area (Å²) in [6.45, 7) is 7.34. The van der Waals surface area contributed by atoms with Crippen molar-refractivity contribution < 1.29 is 4.74 Å². The van der Waals surface area contributed by atoms with Crippen molar-refractivity contribution in [2.24, 2.45) is 11.7 Å². The summed E-state index contributed by atoms with van der Waals surface area (Å²) in [7, 11) is 0. The van der Waals surface area contributed by atoms with Crippen LogP contribution in [0, 0.1) is 5.92 Å². The molecule has 80 valence electrons. The van der Waals surface area contributed by atoms with Crippen LogP contribution in [0.1, 0.15) is 52.9 Å². The van der Waals surface area contributed by atoms with Crippen LogP contribution < -0.4 is 5.73 Å². The van der Waals surface area contributed by atoms with Crippen LogP contribution in [0.25, 0.3) is 0 Å². The fraction of sp³-hybridized carbons (Fsp3) is 1.00.